The van der Waals surface area contributed by atoms with Crippen LogP contribution in [0.3, 0.4) is 0 Å². The molecule has 0 saturated heterocycles. The molecule has 3 atom stereocenters. The molecule has 4 nitrogen and oxygen atoms in total. The van der Waals surface area contributed by atoms with Crippen LogP contribution >= 0.6 is 11.3 Å². The van der Waals surface area contributed by atoms with Gasteiger partial charge in [0.05, 0.1) is 6.04 Å². The minimum atomic E-state index is -0.439. The van der Waals surface area contributed by atoms with Crippen LogP contribution in [0.1, 0.15) is 29.0 Å². The first-order chi connectivity index (χ1) is 8.04. The number of rotatable bonds is 3. The van der Waals surface area contributed by atoms with Crippen molar-refractivity contribution in [3.8, 4) is 0 Å². The van der Waals surface area contributed by atoms with Gasteiger partial charge in [0.15, 0.2) is 0 Å². The summed E-state index contributed by atoms with van der Waals surface area (Å²) < 4.78 is 0. The highest BCUT2D eigenvalue weighted by molar-refractivity contribution is 7.12. The van der Waals surface area contributed by atoms with Crippen LogP contribution in [-0.2, 0) is 0 Å². The molecule has 17 heavy (non-hydrogen) atoms. The number of thiophene rings is 1. The predicted octanol–water partition coefficient (Wildman–Crippen LogP) is 2.58. The molecule has 1 saturated carbocycles. The maximum absolute atomic E-state index is 11.3. The molecule has 2 rings (SSSR count). The summed E-state index contributed by atoms with van der Waals surface area (Å²) in [7, 11) is 1.52. The van der Waals surface area contributed by atoms with Crippen LogP contribution in [0.5, 0.6) is 0 Å². The van der Waals surface area contributed by atoms with Crippen LogP contribution in [0, 0.1) is 12.8 Å². The molecule has 94 valence electrons. The highest BCUT2D eigenvalue weighted by Crippen LogP contribution is 2.52. The van der Waals surface area contributed by atoms with E-state index in [4.69, 9.17) is 0 Å². The molecule has 1 aromatic rings. The number of urea groups is 1. The summed E-state index contributed by atoms with van der Waals surface area (Å²) in [6.07, 6.45) is 1.05. The predicted molar refractivity (Wildman–Crippen MR) is 67.4 cm³/mol. The standard InChI is InChI=1S/C12H18N2O2S/c1-7-4-5-11(17-7)10-6-9(10)8(2)14(16)12(15)13-3/h4-5,8-10,16H,6H2,1-3H3,(H,13,15)/t8?,9-,10+/m0/s1. The SMILES string of the molecule is CNC(=O)N(O)C(C)[C@@H]1C[C@H]1c1ccc(C)s1. The van der Waals surface area contributed by atoms with Gasteiger partial charge in [-0.3, -0.25) is 5.21 Å². The van der Waals surface area contributed by atoms with Crippen LogP contribution in [0.25, 0.3) is 0 Å². The molecule has 1 unspecified atom stereocenters. The molecule has 0 aromatic carbocycles. The Hall–Kier alpha value is -1.07. The molecule has 0 spiro atoms. The Morgan fingerprint density at radius 3 is 2.88 bits per heavy atom. The van der Waals surface area contributed by atoms with Crippen molar-refractivity contribution in [2.75, 3.05) is 7.05 Å². The summed E-state index contributed by atoms with van der Waals surface area (Å²) in [5, 5.41) is 12.9. The lowest BCUT2D eigenvalue weighted by molar-refractivity contribution is -0.0787. The van der Waals surface area contributed by atoms with Crippen molar-refractivity contribution >= 4 is 17.4 Å². The number of carbonyl (C=O) groups excluding carboxylic acids is 1. The fraction of sp³-hybridized carbons (Fsp3) is 0.583. The number of hydrogen-bond acceptors (Lipinski definition) is 3. The van der Waals surface area contributed by atoms with Gasteiger partial charge in [-0.2, -0.15) is 0 Å². The Morgan fingerprint density at radius 2 is 2.35 bits per heavy atom. The summed E-state index contributed by atoms with van der Waals surface area (Å²) in [6.45, 7) is 3.98. The Kier molecular flexibility index (Phi) is 3.40. The van der Waals surface area contributed by atoms with Gasteiger partial charge < -0.3 is 5.32 Å². The third-order valence-electron chi connectivity index (χ3n) is 3.39. The minimum absolute atomic E-state index is 0.137. The number of carbonyl (C=O) groups is 1. The number of hydroxylamine groups is 2. The minimum Gasteiger partial charge on any atom is -0.339 e. The van der Waals surface area contributed by atoms with Crippen molar-refractivity contribution in [1.29, 1.82) is 0 Å². The Balaban J connectivity index is 1.96. The van der Waals surface area contributed by atoms with E-state index in [0.29, 0.717) is 11.8 Å². The van der Waals surface area contributed by atoms with Crippen LogP contribution < -0.4 is 5.32 Å². The van der Waals surface area contributed by atoms with Gasteiger partial charge in [-0.25, -0.2) is 9.86 Å². The zero-order valence-electron chi connectivity index (χ0n) is 10.3. The number of hydrogen-bond donors (Lipinski definition) is 2. The third-order valence-corrected chi connectivity index (χ3v) is 4.53. The fourth-order valence-electron chi connectivity index (χ4n) is 2.21. The lowest BCUT2D eigenvalue weighted by atomic mass is 10.1. The molecule has 0 aliphatic heterocycles. The molecular weight excluding hydrogens is 236 g/mol. The first kappa shape index (κ1) is 12.4. The molecule has 0 bridgehead atoms. The van der Waals surface area contributed by atoms with Gasteiger partial charge in [0, 0.05) is 16.8 Å². The van der Waals surface area contributed by atoms with Crippen molar-refractivity contribution < 1.29 is 10.0 Å². The molecule has 1 aromatic heterocycles. The zero-order chi connectivity index (χ0) is 12.6. The van der Waals surface area contributed by atoms with Gasteiger partial charge in [-0.15, -0.1) is 11.3 Å². The third kappa shape index (κ3) is 2.45. The maximum atomic E-state index is 11.3. The van der Waals surface area contributed by atoms with Gasteiger partial charge in [0.2, 0.25) is 0 Å². The van der Waals surface area contributed by atoms with Gasteiger partial charge in [0.25, 0.3) is 0 Å². The monoisotopic (exact) mass is 254 g/mol. The lowest BCUT2D eigenvalue weighted by Gasteiger charge is -2.22. The van der Waals surface area contributed by atoms with Crippen LogP contribution in [0.2, 0.25) is 0 Å². The van der Waals surface area contributed by atoms with Crippen molar-refractivity contribution in [3.05, 3.63) is 21.9 Å². The van der Waals surface area contributed by atoms with Crippen LogP contribution in [-0.4, -0.2) is 29.4 Å². The molecule has 1 fully saturated rings. The Labute approximate surface area is 105 Å². The van der Waals surface area contributed by atoms with Crippen molar-refractivity contribution in [3.63, 3.8) is 0 Å². The van der Waals surface area contributed by atoms with E-state index in [1.165, 1.54) is 16.8 Å². The van der Waals surface area contributed by atoms with E-state index in [2.05, 4.69) is 24.4 Å². The molecule has 1 aliphatic rings. The topological polar surface area (TPSA) is 52.6 Å². The number of nitrogens with zero attached hydrogens (tertiary/aromatic N) is 1. The Bertz CT molecular complexity index is 418. The fourth-order valence-corrected chi connectivity index (χ4v) is 3.27. The van der Waals surface area contributed by atoms with E-state index < -0.39 is 6.03 Å². The highest BCUT2D eigenvalue weighted by Gasteiger charge is 2.45. The summed E-state index contributed by atoms with van der Waals surface area (Å²) >= 11 is 1.80. The molecule has 2 N–H and O–H groups in total. The summed E-state index contributed by atoms with van der Waals surface area (Å²) in [6, 6.07) is 3.70. The second-order valence-corrected chi connectivity index (χ2v) is 5.91. The quantitative estimate of drug-likeness (QED) is 0.643. The second-order valence-electron chi connectivity index (χ2n) is 4.59. The Morgan fingerprint density at radius 1 is 1.65 bits per heavy atom. The molecule has 1 heterocycles. The summed E-state index contributed by atoms with van der Waals surface area (Å²) in [5.74, 6) is 0.873. The summed E-state index contributed by atoms with van der Waals surface area (Å²) in [4.78, 5) is 14.0. The molecule has 1 aliphatic carbocycles. The normalized spacial score (nSPS) is 24.2. The van der Waals surface area contributed by atoms with Crippen molar-refractivity contribution in [2.24, 2.45) is 5.92 Å². The van der Waals surface area contributed by atoms with Gasteiger partial charge in [-0.1, -0.05) is 0 Å². The summed E-state index contributed by atoms with van der Waals surface area (Å²) in [5.41, 5.74) is 0. The van der Waals surface area contributed by atoms with Gasteiger partial charge in [0.1, 0.15) is 0 Å². The van der Waals surface area contributed by atoms with E-state index >= 15 is 0 Å². The second kappa shape index (κ2) is 4.66. The lowest BCUT2D eigenvalue weighted by Crippen LogP contribution is -2.42. The average Bonchev–Trinajstić information content (AvgIpc) is 3.02. The van der Waals surface area contributed by atoms with E-state index in [1.54, 1.807) is 11.3 Å². The first-order valence-electron chi connectivity index (χ1n) is 5.80. The number of nitrogens with one attached hydrogen (secondary N) is 1. The zero-order valence-corrected chi connectivity index (χ0v) is 11.1. The van der Waals surface area contributed by atoms with E-state index in [9.17, 15) is 10.0 Å². The molecule has 2 amide bonds. The molecular formula is C12H18N2O2S. The maximum Gasteiger partial charge on any atom is 0.341 e. The highest BCUT2D eigenvalue weighted by atomic mass is 32.1. The van der Waals surface area contributed by atoms with E-state index in [1.807, 2.05) is 6.92 Å². The molecule has 0 radical (unpaired) electrons. The average molecular weight is 254 g/mol. The largest absolute Gasteiger partial charge is 0.341 e. The van der Waals surface area contributed by atoms with Gasteiger partial charge >= 0.3 is 6.03 Å². The van der Waals surface area contributed by atoms with Crippen LogP contribution in [0.4, 0.5) is 4.79 Å². The van der Waals surface area contributed by atoms with Crippen molar-refractivity contribution in [1.82, 2.24) is 10.4 Å². The molecule has 5 heteroatoms. The van der Waals surface area contributed by atoms with Crippen LogP contribution in [0.15, 0.2) is 12.1 Å². The number of aryl methyl sites for hydroxylation is 1. The van der Waals surface area contributed by atoms with E-state index in [-0.39, 0.29) is 6.04 Å². The smallest absolute Gasteiger partial charge is 0.339 e. The van der Waals surface area contributed by atoms with Crippen molar-refractivity contribution in [2.45, 2.75) is 32.2 Å². The number of amides is 2. The van der Waals surface area contributed by atoms with E-state index in [0.717, 1.165) is 11.5 Å². The first-order valence-corrected chi connectivity index (χ1v) is 6.62. The van der Waals surface area contributed by atoms with Gasteiger partial charge in [-0.05, 0) is 44.2 Å².